The number of carbonyl (C=O) groups excluding carboxylic acids is 1. The molecule has 1 spiro atoms. The topological polar surface area (TPSA) is 89.5 Å². The maximum atomic E-state index is 12.1. The van der Waals surface area contributed by atoms with Gasteiger partial charge in [-0.3, -0.25) is 9.78 Å². The van der Waals surface area contributed by atoms with Crippen LogP contribution < -0.4 is 10.2 Å². The zero-order valence-corrected chi connectivity index (χ0v) is 17.4. The summed E-state index contributed by atoms with van der Waals surface area (Å²) in [6, 6.07) is 5.50. The molecule has 2 saturated heterocycles. The van der Waals surface area contributed by atoms with E-state index in [-0.39, 0.29) is 11.7 Å². The van der Waals surface area contributed by atoms with Gasteiger partial charge in [0.2, 0.25) is 5.91 Å². The van der Waals surface area contributed by atoms with Crippen molar-refractivity contribution in [3.05, 3.63) is 41.3 Å². The van der Waals surface area contributed by atoms with Crippen LogP contribution in [0.3, 0.4) is 0 Å². The molecule has 154 valence electrons. The predicted molar refractivity (Wildman–Crippen MR) is 110 cm³/mol. The number of ether oxygens (including phenoxy) is 2. The Morgan fingerprint density at radius 3 is 2.79 bits per heavy atom. The van der Waals surface area contributed by atoms with E-state index in [9.17, 15) is 4.79 Å². The maximum absolute atomic E-state index is 12.1. The predicted octanol–water partition coefficient (Wildman–Crippen LogP) is 2.28. The standard InChI is InChI=1S/C19H22ClN5O3S/c20-15-10-16(25-6-3-19(4-7-25)27-8-9-28-19)24-18(23-15)29-13-17(26)22-12-14-2-1-5-21-11-14/h1-2,5,10-11H,3-4,6-9,12-13H2,(H,22,26). The average Bonchev–Trinajstić information content (AvgIpc) is 3.19. The van der Waals surface area contributed by atoms with E-state index in [1.165, 1.54) is 11.8 Å². The van der Waals surface area contributed by atoms with Crippen LogP contribution >= 0.6 is 23.4 Å². The molecule has 10 heteroatoms. The second-order valence-corrected chi connectivity index (χ2v) is 8.18. The van der Waals surface area contributed by atoms with Crippen molar-refractivity contribution in [3.63, 3.8) is 0 Å². The first kappa shape index (κ1) is 20.3. The molecule has 0 atom stereocenters. The number of halogens is 1. The number of aromatic nitrogens is 3. The molecule has 8 nitrogen and oxygen atoms in total. The first-order valence-electron chi connectivity index (χ1n) is 9.48. The van der Waals surface area contributed by atoms with E-state index in [2.05, 4.69) is 25.2 Å². The Kier molecular flexibility index (Phi) is 6.49. The molecule has 2 aromatic heterocycles. The molecule has 4 rings (SSSR count). The average molecular weight is 436 g/mol. The van der Waals surface area contributed by atoms with Gasteiger partial charge in [0.1, 0.15) is 11.0 Å². The van der Waals surface area contributed by atoms with Crippen molar-refractivity contribution >= 4 is 35.1 Å². The van der Waals surface area contributed by atoms with E-state index in [4.69, 9.17) is 21.1 Å². The van der Waals surface area contributed by atoms with Crippen LogP contribution in [0.2, 0.25) is 5.15 Å². The minimum absolute atomic E-state index is 0.0978. The van der Waals surface area contributed by atoms with Crippen LogP contribution in [0.15, 0.2) is 35.7 Å². The Morgan fingerprint density at radius 1 is 1.28 bits per heavy atom. The summed E-state index contributed by atoms with van der Waals surface area (Å²) in [5, 5.41) is 3.71. The summed E-state index contributed by atoms with van der Waals surface area (Å²) in [6.45, 7) is 3.28. The van der Waals surface area contributed by atoms with Gasteiger partial charge in [0, 0.05) is 50.9 Å². The first-order valence-corrected chi connectivity index (χ1v) is 10.8. The van der Waals surface area contributed by atoms with E-state index in [1.807, 2.05) is 12.1 Å². The summed E-state index contributed by atoms with van der Waals surface area (Å²) in [5.74, 6) is 0.442. The minimum Gasteiger partial charge on any atom is -0.356 e. The number of rotatable bonds is 6. The van der Waals surface area contributed by atoms with Crippen LogP contribution in [-0.4, -0.2) is 58.7 Å². The maximum Gasteiger partial charge on any atom is 0.230 e. The number of amides is 1. The second-order valence-electron chi connectivity index (χ2n) is 6.85. The van der Waals surface area contributed by atoms with Crippen LogP contribution in [0.25, 0.3) is 0 Å². The number of hydrogen-bond donors (Lipinski definition) is 1. The molecular formula is C19H22ClN5O3S. The second kappa shape index (κ2) is 9.25. The molecule has 2 fully saturated rings. The number of thioether (sulfide) groups is 1. The first-order chi connectivity index (χ1) is 14.1. The van der Waals surface area contributed by atoms with E-state index >= 15 is 0 Å². The molecule has 29 heavy (non-hydrogen) atoms. The van der Waals surface area contributed by atoms with E-state index < -0.39 is 5.79 Å². The number of nitrogens with zero attached hydrogens (tertiary/aromatic N) is 4. The normalized spacial score (nSPS) is 18.2. The lowest BCUT2D eigenvalue weighted by molar-refractivity contribution is -0.169. The molecule has 0 saturated carbocycles. The highest BCUT2D eigenvalue weighted by Crippen LogP contribution is 2.33. The Balaban J connectivity index is 1.30. The summed E-state index contributed by atoms with van der Waals surface area (Å²) in [4.78, 5) is 27.1. The smallest absolute Gasteiger partial charge is 0.230 e. The molecule has 2 aliphatic heterocycles. The molecular weight excluding hydrogens is 414 g/mol. The van der Waals surface area contributed by atoms with Gasteiger partial charge in [-0.1, -0.05) is 29.4 Å². The van der Waals surface area contributed by atoms with E-state index in [0.717, 1.165) is 37.3 Å². The summed E-state index contributed by atoms with van der Waals surface area (Å²) in [6.07, 6.45) is 5.00. The fourth-order valence-corrected chi connectivity index (χ4v) is 4.27. The lowest BCUT2D eigenvalue weighted by Gasteiger charge is -2.38. The SMILES string of the molecule is O=C(CSc1nc(Cl)cc(N2CCC3(CC2)OCCO3)n1)NCc1cccnc1. The zero-order chi connectivity index (χ0) is 20.1. The Morgan fingerprint density at radius 2 is 2.07 bits per heavy atom. The van der Waals surface area contributed by atoms with Gasteiger partial charge in [-0.2, -0.15) is 0 Å². The van der Waals surface area contributed by atoms with E-state index in [1.54, 1.807) is 18.5 Å². The molecule has 2 aromatic rings. The van der Waals surface area contributed by atoms with Gasteiger partial charge in [-0.15, -0.1) is 0 Å². The number of anilines is 1. The summed E-state index contributed by atoms with van der Waals surface area (Å²) in [7, 11) is 0. The molecule has 2 aliphatic rings. The molecule has 0 bridgehead atoms. The highest BCUT2D eigenvalue weighted by Gasteiger charge is 2.40. The lowest BCUT2D eigenvalue weighted by Crippen LogP contribution is -2.45. The van der Waals surface area contributed by atoms with Gasteiger partial charge in [0.15, 0.2) is 10.9 Å². The molecule has 1 N–H and O–H groups in total. The molecule has 0 aliphatic carbocycles. The molecule has 0 unspecified atom stereocenters. The van der Waals surface area contributed by atoms with Crippen molar-refractivity contribution in [1.82, 2.24) is 20.3 Å². The summed E-state index contributed by atoms with van der Waals surface area (Å²) < 4.78 is 11.5. The summed E-state index contributed by atoms with van der Waals surface area (Å²) >= 11 is 7.46. The van der Waals surface area contributed by atoms with Gasteiger partial charge >= 0.3 is 0 Å². The lowest BCUT2D eigenvalue weighted by atomic mass is 10.0. The minimum atomic E-state index is -0.433. The van der Waals surface area contributed by atoms with Crippen molar-refractivity contribution in [2.24, 2.45) is 0 Å². The van der Waals surface area contributed by atoms with Crippen molar-refractivity contribution in [2.45, 2.75) is 30.3 Å². The van der Waals surface area contributed by atoms with Crippen LogP contribution in [0, 0.1) is 0 Å². The quantitative estimate of drug-likeness (QED) is 0.420. The molecule has 0 aromatic carbocycles. The number of hydrogen-bond acceptors (Lipinski definition) is 8. The van der Waals surface area contributed by atoms with Gasteiger partial charge in [0.05, 0.1) is 19.0 Å². The third-order valence-electron chi connectivity index (χ3n) is 4.87. The van der Waals surface area contributed by atoms with Crippen LogP contribution in [0.4, 0.5) is 5.82 Å². The highest BCUT2D eigenvalue weighted by molar-refractivity contribution is 7.99. The largest absolute Gasteiger partial charge is 0.356 e. The fourth-order valence-electron chi connectivity index (χ4n) is 3.36. The zero-order valence-electron chi connectivity index (χ0n) is 15.8. The number of pyridine rings is 1. The van der Waals surface area contributed by atoms with Crippen LogP contribution in [0.1, 0.15) is 18.4 Å². The molecule has 4 heterocycles. The van der Waals surface area contributed by atoms with Crippen molar-refractivity contribution in [3.8, 4) is 0 Å². The van der Waals surface area contributed by atoms with Crippen LogP contribution in [0.5, 0.6) is 0 Å². The van der Waals surface area contributed by atoms with Gasteiger partial charge in [0.25, 0.3) is 0 Å². The number of piperidine rings is 1. The Labute approximate surface area is 178 Å². The van der Waals surface area contributed by atoms with Crippen molar-refractivity contribution in [1.29, 1.82) is 0 Å². The van der Waals surface area contributed by atoms with Gasteiger partial charge < -0.3 is 19.7 Å². The fraction of sp³-hybridized carbons (Fsp3) is 0.474. The van der Waals surface area contributed by atoms with Gasteiger partial charge in [-0.05, 0) is 11.6 Å². The van der Waals surface area contributed by atoms with Crippen molar-refractivity contribution in [2.75, 3.05) is 37.0 Å². The number of nitrogens with one attached hydrogen (secondary N) is 1. The van der Waals surface area contributed by atoms with Crippen molar-refractivity contribution < 1.29 is 14.3 Å². The Hall–Kier alpha value is -1.94. The van der Waals surface area contributed by atoms with Gasteiger partial charge in [-0.25, -0.2) is 9.97 Å². The van der Waals surface area contributed by atoms with E-state index in [0.29, 0.717) is 30.1 Å². The summed E-state index contributed by atoms with van der Waals surface area (Å²) in [5.41, 5.74) is 0.949. The highest BCUT2D eigenvalue weighted by atomic mass is 35.5. The molecule has 0 radical (unpaired) electrons. The third kappa shape index (κ3) is 5.36. The monoisotopic (exact) mass is 435 g/mol. The Bertz CT molecular complexity index is 841. The molecule has 1 amide bonds. The third-order valence-corrected chi connectivity index (χ3v) is 5.91. The van der Waals surface area contributed by atoms with Crippen LogP contribution in [-0.2, 0) is 20.8 Å². The number of carbonyl (C=O) groups is 1.